The number of benzene rings is 1. The molecule has 0 bridgehead atoms. The van der Waals surface area contributed by atoms with Crippen molar-refractivity contribution in [2.24, 2.45) is 0 Å². The fourth-order valence-electron chi connectivity index (χ4n) is 2.13. The first-order chi connectivity index (χ1) is 8.47. The third-order valence-electron chi connectivity index (χ3n) is 3.40. The molecule has 98 valence electrons. The van der Waals surface area contributed by atoms with E-state index < -0.39 is 0 Å². The summed E-state index contributed by atoms with van der Waals surface area (Å²) in [7, 11) is 2.03. The van der Waals surface area contributed by atoms with Gasteiger partial charge in [-0.1, -0.05) is 0 Å². The second-order valence-corrected chi connectivity index (χ2v) is 4.82. The Morgan fingerprint density at radius 2 is 1.83 bits per heavy atom. The van der Waals surface area contributed by atoms with Crippen LogP contribution in [0.5, 0.6) is 11.5 Å². The van der Waals surface area contributed by atoms with Gasteiger partial charge >= 0.3 is 0 Å². The van der Waals surface area contributed by atoms with Crippen molar-refractivity contribution in [1.82, 2.24) is 9.80 Å². The molecule has 1 unspecified atom stereocenters. The molecule has 5 heteroatoms. The van der Waals surface area contributed by atoms with Gasteiger partial charge in [-0.05, 0) is 26.1 Å². The Hall–Kier alpha value is -1.75. The van der Waals surface area contributed by atoms with E-state index in [1.807, 2.05) is 7.05 Å². The van der Waals surface area contributed by atoms with Gasteiger partial charge in [0.15, 0.2) is 0 Å². The van der Waals surface area contributed by atoms with Crippen molar-refractivity contribution in [2.75, 3.05) is 26.7 Å². The lowest BCUT2D eigenvalue weighted by Gasteiger charge is -2.37. The number of likely N-dealkylation sites (N-methyl/N-ethyl adjacent to an activating group) is 1. The minimum absolute atomic E-state index is 0.0967. The predicted octanol–water partition coefficient (Wildman–Crippen LogP) is 0.874. The first kappa shape index (κ1) is 12.7. The van der Waals surface area contributed by atoms with Crippen LogP contribution in [0.15, 0.2) is 18.2 Å². The van der Waals surface area contributed by atoms with E-state index in [1.54, 1.807) is 4.90 Å². The fourth-order valence-corrected chi connectivity index (χ4v) is 2.13. The highest BCUT2D eigenvalue weighted by Gasteiger charge is 2.25. The first-order valence-corrected chi connectivity index (χ1v) is 6.00. The van der Waals surface area contributed by atoms with Crippen LogP contribution in [0.2, 0.25) is 0 Å². The van der Waals surface area contributed by atoms with Gasteiger partial charge in [-0.2, -0.15) is 0 Å². The zero-order chi connectivity index (χ0) is 13.3. The van der Waals surface area contributed by atoms with Gasteiger partial charge in [0.25, 0.3) is 5.91 Å². The van der Waals surface area contributed by atoms with E-state index >= 15 is 0 Å². The number of hydrogen-bond acceptors (Lipinski definition) is 4. The lowest BCUT2D eigenvalue weighted by molar-refractivity contribution is 0.0571. The maximum absolute atomic E-state index is 12.2. The van der Waals surface area contributed by atoms with Crippen LogP contribution in [-0.2, 0) is 0 Å². The second kappa shape index (κ2) is 4.86. The molecule has 0 aromatic heterocycles. The molecule has 0 radical (unpaired) electrons. The van der Waals surface area contributed by atoms with Crippen LogP contribution < -0.4 is 0 Å². The van der Waals surface area contributed by atoms with Crippen molar-refractivity contribution in [3.63, 3.8) is 0 Å². The average molecular weight is 250 g/mol. The summed E-state index contributed by atoms with van der Waals surface area (Å²) in [5, 5.41) is 18.8. The lowest BCUT2D eigenvalue weighted by Crippen LogP contribution is -2.52. The molecule has 2 N–H and O–H groups in total. The number of nitrogens with zero attached hydrogens (tertiary/aromatic N) is 2. The third kappa shape index (κ3) is 2.56. The fraction of sp³-hybridized carbons (Fsp3) is 0.462. The Morgan fingerprint density at radius 3 is 2.39 bits per heavy atom. The van der Waals surface area contributed by atoms with Gasteiger partial charge in [-0.3, -0.25) is 4.79 Å². The van der Waals surface area contributed by atoms with Crippen molar-refractivity contribution < 1.29 is 15.0 Å². The number of phenols is 2. The average Bonchev–Trinajstić information content (AvgIpc) is 2.30. The van der Waals surface area contributed by atoms with Gasteiger partial charge in [-0.15, -0.1) is 0 Å². The number of rotatable bonds is 1. The molecule has 0 saturated carbocycles. The number of phenolic OH excluding ortho intramolecular Hbond substituents is 2. The molecule has 1 aromatic rings. The summed E-state index contributed by atoms with van der Waals surface area (Å²) in [5.41, 5.74) is 0.323. The van der Waals surface area contributed by atoms with Gasteiger partial charge in [0.1, 0.15) is 11.5 Å². The summed E-state index contributed by atoms with van der Waals surface area (Å²) < 4.78 is 0. The monoisotopic (exact) mass is 250 g/mol. The Bertz CT molecular complexity index is 441. The van der Waals surface area contributed by atoms with E-state index in [1.165, 1.54) is 18.2 Å². The van der Waals surface area contributed by atoms with Crippen LogP contribution in [-0.4, -0.2) is 58.6 Å². The summed E-state index contributed by atoms with van der Waals surface area (Å²) in [6, 6.07) is 4.29. The number of carbonyl (C=O) groups excluding carboxylic acids is 1. The summed E-state index contributed by atoms with van der Waals surface area (Å²) >= 11 is 0. The molecule has 2 rings (SSSR count). The highest BCUT2D eigenvalue weighted by molar-refractivity contribution is 5.95. The van der Waals surface area contributed by atoms with Crippen molar-refractivity contribution in [3.05, 3.63) is 23.8 Å². The number of amides is 1. The molecule has 1 amide bonds. The quantitative estimate of drug-likeness (QED) is 0.776. The maximum atomic E-state index is 12.2. The Labute approximate surface area is 106 Å². The zero-order valence-electron chi connectivity index (χ0n) is 10.6. The highest BCUT2D eigenvalue weighted by Crippen LogP contribution is 2.22. The van der Waals surface area contributed by atoms with Crippen molar-refractivity contribution >= 4 is 5.91 Å². The molecule has 1 aliphatic rings. The SMILES string of the molecule is CC1CN(C(=O)c2cc(O)cc(O)c2)CCN1C. The van der Waals surface area contributed by atoms with Gasteiger partial charge in [0.2, 0.25) is 0 Å². The largest absolute Gasteiger partial charge is 0.508 e. The van der Waals surface area contributed by atoms with Crippen LogP contribution in [0.25, 0.3) is 0 Å². The number of aromatic hydroxyl groups is 2. The molecular weight excluding hydrogens is 232 g/mol. The number of hydrogen-bond donors (Lipinski definition) is 2. The predicted molar refractivity (Wildman–Crippen MR) is 67.8 cm³/mol. The van der Waals surface area contributed by atoms with Crippen molar-refractivity contribution in [2.45, 2.75) is 13.0 Å². The van der Waals surface area contributed by atoms with Crippen LogP contribution in [0.3, 0.4) is 0 Å². The molecule has 1 aliphatic heterocycles. The van der Waals surface area contributed by atoms with Crippen LogP contribution in [0.1, 0.15) is 17.3 Å². The molecule has 0 spiro atoms. The maximum Gasteiger partial charge on any atom is 0.254 e. The van der Waals surface area contributed by atoms with E-state index in [0.29, 0.717) is 24.7 Å². The molecule has 1 fully saturated rings. The standard InChI is InChI=1S/C13H18N2O3/c1-9-8-15(4-3-14(9)2)13(18)10-5-11(16)7-12(17)6-10/h5-7,9,16-17H,3-4,8H2,1-2H3. The van der Waals surface area contributed by atoms with Gasteiger partial charge in [0.05, 0.1) is 0 Å². The third-order valence-corrected chi connectivity index (χ3v) is 3.40. The van der Waals surface area contributed by atoms with E-state index in [-0.39, 0.29) is 17.4 Å². The van der Waals surface area contributed by atoms with E-state index in [9.17, 15) is 15.0 Å². The van der Waals surface area contributed by atoms with Gasteiger partial charge in [0, 0.05) is 37.3 Å². The smallest absolute Gasteiger partial charge is 0.254 e. The van der Waals surface area contributed by atoms with Crippen molar-refractivity contribution in [3.8, 4) is 11.5 Å². The van der Waals surface area contributed by atoms with Crippen LogP contribution >= 0.6 is 0 Å². The normalized spacial score (nSPS) is 21.0. The Balaban J connectivity index is 2.16. The van der Waals surface area contributed by atoms with E-state index in [2.05, 4.69) is 11.8 Å². The Morgan fingerprint density at radius 1 is 1.22 bits per heavy atom. The van der Waals surface area contributed by atoms with E-state index in [4.69, 9.17) is 0 Å². The van der Waals surface area contributed by atoms with Crippen LogP contribution in [0.4, 0.5) is 0 Å². The zero-order valence-corrected chi connectivity index (χ0v) is 10.6. The number of carbonyl (C=O) groups is 1. The molecule has 1 saturated heterocycles. The van der Waals surface area contributed by atoms with Gasteiger partial charge < -0.3 is 20.0 Å². The summed E-state index contributed by atoms with van der Waals surface area (Å²) in [5.74, 6) is -0.345. The topological polar surface area (TPSA) is 64.0 Å². The molecule has 5 nitrogen and oxygen atoms in total. The lowest BCUT2D eigenvalue weighted by atomic mass is 10.1. The number of piperazine rings is 1. The molecule has 18 heavy (non-hydrogen) atoms. The summed E-state index contributed by atoms with van der Waals surface area (Å²) in [4.78, 5) is 16.2. The molecule has 1 atom stereocenters. The second-order valence-electron chi connectivity index (χ2n) is 4.82. The van der Waals surface area contributed by atoms with Crippen molar-refractivity contribution in [1.29, 1.82) is 0 Å². The Kier molecular flexibility index (Phi) is 3.43. The first-order valence-electron chi connectivity index (χ1n) is 6.00. The van der Waals surface area contributed by atoms with Gasteiger partial charge in [-0.25, -0.2) is 0 Å². The van der Waals surface area contributed by atoms with Crippen LogP contribution in [0, 0.1) is 0 Å². The minimum atomic E-state index is -0.152. The highest BCUT2D eigenvalue weighted by atomic mass is 16.3. The summed E-state index contributed by atoms with van der Waals surface area (Å²) in [6.45, 7) is 4.22. The molecular formula is C13H18N2O3. The van der Waals surface area contributed by atoms with E-state index in [0.717, 1.165) is 6.54 Å². The molecule has 1 aromatic carbocycles. The molecule has 0 aliphatic carbocycles. The summed E-state index contributed by atoms with van der Waals surface area (Å²) in [6.07, 6.45) is 0. The molecule has 1 heterocycles. The minimum Gasteiger partial charge on any atom is -0.508 e.